The van der Waals surface area contributed by atoms with E-state index in [4.69, 9.17) is 0 Å². The van der Waals surface area contributed by atoms with E-state index in [0.717, 1.165) is 0 Å². The third-order valence-electron chi connectivity index (χ3n) is 1.46. The molecule has 0 bridgehead atoms. The minimum absolute atomic E-state index is 1.27. The van der Waals surface area contributed by atoms with Crippen molar-refractivity contribution in [2.45, 2.75) is 59.8 Å². The van der Waals surface area contributed by atoms with Crippen LogP contribution in [0.15, 0.2) is 12.2 Å². The first kappa shape index (κ1) is 13.3. The third-order valence-corrected chi connectivity index (χ3v) is 1.46. The second-order valence-electron chi connectivity index (χ2n) is 2.42. The van der Waals surface area contributed by atoms with E-state index in [2.05, 4.69) is 26.0 Å². The predicted molar refractivity (Wildman–Crippen MR) is 54.9 cm³/mol. The van der Waals surface area contributed by atoms with Gasteiger partial charge in [-0.2, -0.15) is 0 Å². The summed E-state index contributed by atoms with van der Waals surface area (Å²) >= 11 is 0. The highest BCUT2D eigenvalue weighted by atomic mass is 13.9. The molecule has 0 nitrogen and oxygen atoms in total. The Kier molecular flexibility index (Phi) is 19.9. The van der Waals surface area contributed by atoms with Crippen LogP contribution >= 0.6 is 0 Å². The molecule has 0 N–H and O–H groups in total. The summed E-state index contributed by atoms with van der Waals surface area (Å²) in [5, 5.41) is 0. The van der Waals surface area contributed by atoms with Gasteiger partial charge in [0.1, 0.15) is 0 Å². The highest BCUT2D eigenvalue weighted by Gasteiger charge is 1.82. The van der Waals surface area contributed by atoms with Gasteiger partial charge in [-0.05, 0) is 19.8 Å². The molecular weight excluding hydrogens is 132 g/mol. The van der Waals surface area contributed by atoms with Crippen molar-refractivity contribution in [3.8, 4) is 0 Å². The van der Waals surface area contributed by atoms with Gasteiger partial charge in [0.15, 0.2) is 0 Å². The van der Waals surface area contributed by atoms with Crippen LogP contribution in [0.4, 0.5) is 0 Å². The molecule has 68 valence electrons. The van der Waals surface area contributed by atoms with Crippen LogP contribution in [-0.2, 0) is 0 Å². The van der Waals surface area contributed by atoms with E-state index in [1.165, 1.54) is 32.1 Å². The molecule has 0 aliphatic heterocycles. The van der Waals surface area contributed by atoms with Crippen LogP contribution in [0, 0.1) is 0 Å². The average molecular weight is 156 g/mol. The van der Waals surface area contributed by atoms with E-state index in [1.807, 2.05) is 13.8 Å². The summed E-state index contributed by atoms with van der Waals surface area (Å²) in [4.78, 5) is 0. The van der Waals surface area contributed by atoms with Crippen LogP contribution in [-0.4, -0.2) is 0 Å². The maximum Gasteiger partial charge on any atom is -0.0351 e. The molecule has 0 aromatic carbocycles. The second kappa shape index (κ2) is 16.4. The molecule has 11 heavy (non-hydrogen) atoms. The molecule has 0 saturated heterocycles. The van der Waals surface area contributed by atoms with E-state index in [1.54, 1.807) is 0 Å². The van der Waals surface area contributed by atoms with E-state index in [-0.39, 0.29) is 0 Å². The van der Waals surface area contributed by atoms with Crippen molar-refractivity contribution in [2.75, 3.05) is 0 Å². The van der Waals surface area contributed by atoms with Crippen LogP contribution in [0.5, 0.6) is 0 Å². The lowest BCUT2D eigenvalue weighted by Crippen LogP contribution is -1.72. The number of hydrogen-bond acceptors (Lipinski definition) is 0. The summed E-state index contributed by atoms with van der Waals surface area (Å²) in [6, 6.07) is 0. The molecule has 0 unspecified atom stereocenters. The number of unbranched alkanes of at least 4 members (excludes halogenated alkanes) is 4. The van der Waals surface area contributed by atoms with E-state index in [9.17, 15) is 0 Å². The summed E-state index contributed by atoms with van der Waals surface area (Å²) < 4.78 is 0. The summed E-state index contributed by atoms with van der Waals surface area (Å²) in [6.45, 7) is 8.33. The monoisotopic (exact) mass is 156 g/mol. The first-order chi connectivity index (χ1) is 5.41. The van der Waals surface area contributed by atoms with Gasteiger partial charge in [0.2, 0.25) is 0 Å². The molecule has 0 heteroatoms. The standard InChI is InChI=1S/C9H18.C2H6/c1-3-5-7-9-8-6-4-2;1-2/h3,5H,4,6-9H2,1-2H3;1-2H3/b5-3-;. The van der Waals surface area contributed by atoms with Gasteiger partial charge in [-0.1, -0.05) is 52.2 Å². The van der Waals surface area contributed by atoms with Gasteiger partial charge in [0.25, 0.3) is 0 Å². The lowest BCUT2D eigenvalue weighted by atomic mass is 10.1. The molecule has 0 aliphatic rings. The fourth-order valence-corrected chi connectivity index (χ4v) is 0.856. The zero-order valence-corrected chi connectivity index (χ0v) is 8.69. The minimum Gasteiger partial charge on any atom is -0.0917 e. The van der Waals surface area contributed by atoms with Crippen molar-refractivity contribution in [3.05, 3.63) is 12.2 Å². The van der Waals surface area contributed by atoms with E-state index in [0.29, 0.717) is 0 Å². The summed E-state index contributed by atoms with van der Waals surface area (Å²) in [5.41, 5.74) is 0. The fourth-order valence-electron chi connectivity index (χ4n) is 0.856. The molecule has 0 atom stereocenters. The van der Waals surface area contributed by atoms with Crippen molar-refractivity contribution in [1.29, 1.82) is 0 Å². The number of allylic oxidation sites excluding steroid dienone is 2. The molecule has 0 rings (SSSR count). The van der Waals surface area contributed by atoms with E-state index >= 15 is 0 Å². The Balaban J connectivity index is 0. The highest BCUT2D eigenvalue weighted by Crippen LogP contribution is 2.02. The molecule has 0 heterocycles. The van der Waals surface area contributed by atoms with Crippen LogP contribution in [0.2, 0.25) is 0 Å². The summed E-state index contributed by atoms with van der Waals surface area (Å²) in [7, 11) is 0. The van der Waals surface area contributed by atoms with Gasteiger partial charge in [-0.25, -0.2) is 0 Å². The van der Waals surface area contributed by atoms with Crippen molar-refractivity contribution < 1.29 is 0 Å². The Labute approximate surface area is 72.7 Å². The van der Waals surface area contributed by atoms with Crippen molar-refractivity contribution in [3.63, 3.8) is 0 Å². The molecular formula is C11H24. The van der Waals surface area contributed by atoms with Crippen LogP contribution < -0.4 is 0 Å². The lowest BCUT2D eigenvalue weighted by Gasteiger charge is -1.92. The average Bonchev–Trinajstić information content (AvgIpc) is 2.08. The van der Waals surface area contributed by atoms with Gasteiger partial charge in [0, 0.05) is 0 Å². The third kappa shape index (κ3) is 17.7. The number of rotatable bonds is 5. The molecule has 0 radical (unpaired) electrons. The Hall–Kier alpha value is -0.260. The topological polar surface area (TPSA) is 0 Å². The Bertz CT molecular complexity index is 62.4. The summed E-state index contributed by atoms with van der Waals surface area (Å²) in [5.74, 6) is 0. The van der Waals surface area contributed by atoms with Gasteiger partial charge >= 0.3 is 0 Å². The zero-order valence-electron chi connectivity index (χ0n) is 8.69. The second-order valence-corrected chi connectivity index (χ2v) is 2.42. The molecule has 0 saturated carbocycles. The zero-order chi connectivity index (χ0) is 8.95. The first-order valence-corrected chi connectivity index (χ1v) is 5.03. The molecule has 0 aromatic heterocycles. The van der Waals surface area contributed by atoms with Gasteiger partial charge in [0.05, 0.1) is 0 Å². The molecule has 0 amide bonds. The summed E-state index contributed by atoms with van der Waals surface area (Å²) in [6.07, 6.45) is 11.2. The fraction of sp³-hybridized carbons (Fsp3) is 0.818. The van der Waals surface area contributed by atoms with Crippen LogP contribution in [0.1, 0.15) is 59.8 Å². The van der Waals surface area contributed by atoms with Crippen LogP contribution in [0.3, 0.4) is 0 Å². The van der Waals surface area contributed by atoms with E-state index < -0.39 is 0 Å². The predicted octanol–water partition coefficient (Wildman–Crippen LogP) is 4.56. The molecule has 0 fully saturated rings. The Morgan fingerprint density at radius 1 is 1.00 bits per heavy atom. The quantitative estimate of drug-likeness (QED) is 0.404. The van der Waals surface area contributed by atoms with Crippen molar-refractivity contribution in [1.82, 2.24) is 0 Å². The van der Waals surface area contributed by atoms with Gasteiger partial charge in [-0.15, -0.1) is 0 Å². The number of hydrogen-bond donors (Lipinski definition) is 0. The van der Waals surface area contributed by atoms with Crippen molar-refractivity contribution in [2.24, 2.45) is 0 Å². The molecule has 0 spiro atoms. The highest BCUT2D eigenvalue weighted by molar-refractivity contribution is 4.75. The van der Waals surface area contributed by atoms with Gasteiger partial charge in [-0.3, -0.25) is 0 Å². The smallest absolute Gasteiger partial charge is 0.0351 e. The van der Waals surface area contributed by atoms with Gasteiger partial charge < -0.3 is 0 Å². The molecule has 0 aromatic rings. The minimum atomic E-state index is 1.27. The maximum atomic E-state index is 2.25. The first-order valence-electron chi connectivity index (χ1n) is 5.03. The normalized spacial score (nSPS) is 9.45. The lowest BCUT2D eigenvalue weighted by molar-refractivity contribution is 0.674. The Morgan fingerprint density at radius 2 is 1.64 bits per heavy atom. The molecule has 0 aliphatic carbocycles. The van der Waals surface area contributed by atoms with Crippen molar-refractivity contribution >= 4 is 0 Å². The van der Waals surface area contributed by atoms with Crippen LogP contribution in [0.25, 0.3) is 0 Å². The largest absolute Gasteiger partial charge is 0.0917 e. The SMILES string of the molecule is C/C=C\CCCCCC.CC. The maximum absolute atomic E-state index is 2.25. The Morgan fingerprint density at radius 3 is 2.09 bits per heavy atom.